The molecule has 1 aromatic carbocycles. The zero-order valence-corrected chi connectivity index (χ0v) is 9.53. The van der Waals surface area contributed by atoms with E-state index in [-0.39, 0.29) is 18.0 Å². The van der Waals surface area contributed by atoms with Gasteiger partial charge in [-0.05, 0) is 18.2 Å². The maximum atomic E-state index is 13.0. The number of rotatable bonds is 2. The molecular weight excluding hydrogens is 249 g/mol. The van der Waals surface area contributed by atoms with Gasteiger partial charge in [0.25, 0.3) is 0 Å². The standard InChI is InChI=1S/C11H5ClFNOS/c12-10-7-2-1-6(13)5-9(7)16-11(10)8(15)3-4-14/h1-2,5H,3H2. The van der Waals surface area contributed by atoms with Crippen LogP contribution in [0.15, 0.2) is 18.2 Å². The van der Waals surface area contributed by atoms with Crippen molar-refractivity contribution in [2.24, 2.45) is 0 Å². The van der Waals surface area contributed by atoms with Gasteiger partial charge in [0, 0.05) is 10.1 Å². The molecule has 2 nitrogen and oxygen atoms in total. The van der Waals surface area contributed by atoms with Crippen molar-refractivity contribution < 1.29 is 9.18 Å². The number of hydrogen-bond donors (Lipinski definition) is 0. The highest BCUT2D eigenvalue weighted by atomic mass is 35.5. The van der Waals surface area contributed by atoms with E-state index in [0.717, 1.165) is 11.3 Å². The second-order valence-corrected chi connectivity index (χ2v) is 4.57. The van der Waals surface area contributed by atoms with Gasteiger partial charge in [0.05, 0.1) is 22.4 Å². The molecule has 0 bridgehead atoms. The van der Waals surface area contributed by atoms with Crippen LogP contribution in [0, 0.1) is 17.1 Å². The quantitative estimate of drug-likeness (QED) is 0.764. The molecule has 1 heterocycles. The summed E-state index contributed by atoms with van der Waals surface area (Å²) < 4.78 is 13.6. The third kappa shape index (κ3) is 1.80. The molecule has 5 heteroatoms. The topological polar surface area (TPSA) is 40.9 Å². The zero-order chi connectivity index (χ0) is 11.7. The number of thiophene rings is 1. The van der Waals surface area contributed by atoms with Crippen LogP contribution in [-0.4, -0.2) is 5.78 Å². The Labute approximate surface area is 99.9 Å². The molecule has 0 fully saturated rings. The molecule has 1 aromatic heterocycles. The Morgan fingerprint density at radius 3 is 3.00 bits per heavy atom. The molecule has 0 aliphatic rings. The largest absolute Gasteiger partial charge is 0.292 e. The fourth-order valence-corrected chi connectivity index (χ4v) is 2.87. The van der Waals surface area contributed by atoms with Crippen molar-refractivity contribution in [1.82, 2.24) is 0 Å². The Kier molecular flexibility index (Phi) is 2.90. The highest BCUT2D eigenvalue weighted by Crippen LogP contribution is 2.36. The van der Waals surface area contributed by atoms with E-state index >= 15 is 0 Å². The molecule has 0 aliphatic heterocycles. The lowest BCUT2D eigenvalue weighted by molar-refractivity contribution is 0.100. The summed E-state index contributed by atoms with van der Waals surface area (Å²) in [4.78, 5) is 11.9. The maximum absolute atomic E-state index is 13.0. The Balaban J connectivity index is 2.61. The van der Waals surface area contributed by atoms with Crippen LogP contribution in [0.3, 0.4) is 0 Å². The molecule has 0 unspecified atom stereocenters. The monoisotopic (exact) mass is 253 g/mol. The van der Waals surface area contributed by atoms with Gasteiger partial charge in [-0.3, -0.25) is 4.79 Å². The number of benzene rings is 1. The summed E-state index contributed by atoms with van der Waals surface area (Å²) in [6.07, 6.45) is -0.213. The molecule has 0 N–H and O–H groups in total. The van der Waals surface area contributed by atoms with E-state index in [1.54, 1.807) is 6.07 Å². The molecule has 2 aromatic rings. The highest BCUT2D eigenvalue weighted by molar-refractivity contribution is 7.21. The minimum absolute atomic E-state index is 0.213. The van der Waals surface area contributed by atoms with E-state index in [1.165, 1.54) is 18.2 Å². The number of halogens is 2. The van der Waals surface area contributed by atoms with E-state index in [9.17, 15) is 9.18 Å². The summed E-state index contributed by atoms with van der Waals surface area (Å²) in [5, 5.41) is 9.39. The molecule has 16 heavy (non-hydrogen) atoms. The fourth-order valence-electron chi connectivity index (χ4n) is 1.37. The van der Waals surface area contributed by atoms with Gasteiger partial charge < -0.3 is 0 Å². The lowest BCUT2D eigenvalue weighted by atomic mass is 10.2. The van der Waals surface area contributed by atoms with Gasteiger partial charge in [-0.1, -0.05) is 11.6 Å². The molecule has 0 aliphatic carbocycles. The number of fused-ring (bicyclic) bond motifs is 1. The molecule has 0 atom stereocenters. The fraction of sp³-hybridized carbons (Fsp3) is 0.0909. The van der Waals surface area contributed by atoms with Crippen molar-refractivity contribution in [3.63, 3.8) is 0 Å². The maximum Gasteiger partial charge on any atom is 0.188 e. The third-order valence-electron chi connectivity index (χ3n) is 2.08. The smallest absolute Gasteiger partial charge is 0.188 e. The first-order valence-corrected chi connectivity index (χ1v) is 5.60. The van der Waals surface area contributed by atoms with Crippen molar-refractivity contribution in [3.8, 4) is 6.07 Å². The first-order valence-electron chi connectivity index (χ1n) is 4.41. The first-order chi connectivity index (χ1) is 7.63. The molecule has 80 valence electrons. The summed E-state index contributed by atoms with van der Waals surface area (Å²) in [6.45, 7) is 0. The molecule has 0 saturated heterocycles. The van der Waals surface area contributed by atoms with Crippen molar-refractivity contribution in [1.29, 1.82) is 5.26 Å². The van der Waals surface area contributed by atoms with Crippen LogP contribution in [0.5, 0.6) is 0 Å². The summed E-state index contributed by atoms with van der Waals surface area (Å²) in [7, 11) is 0. The Bertz CT molecular complexity index is 614. The van der Waals surface area contributed by atoms with E-state index in [1.807, 2.05) is 0 Å². The zero-order valence-electron chi connectivity index (χ0n) is 7.96. The van der Waals surface area contributed by atoms with Crippen LogP contribution in [-0.2, 0) is 0 Å². The second kappa shape index (κ2) is 4.20. The van der Waals surface area contributed by atoms with E-state index in [0.29, 0.717) is 20.0 Å². The van der Waals surface area contributed by atoms with E-state index in [2.05, 4.69) is 0 Å². The van der Waals surface area contributed by atoms with Crippen molar-refractivity contribution in [2.75, 3.05) is 0 Å². The van der Waals surface area contributed by atoms with Gasteiger partial charge in [-0.15, -0.1) is 11.3 Å². The van der Waals surface area contributed by atoms with Gasteiger partial charge in [-0.2, -0.15) is 5.26 Å². The second-order valence-electron chi connectivity index (χ2n) is 3.14. The summed E-state index contributed by atoms with van der Waals surface area (Å²) in [5.74, 6) is -0.696. The third-order valence-corrected chi connectivity index (χ3v) is 3.78. The Morgan fingerprint density at radius 1 is 1.56 bits per heavy atom. The predicted octanol–water partition coefficient (Wildman–Crippen LogP) is 3.79. The SMILES string of the molecule is N#CCC(=O)c1sc2cc(F)ccc2c1Cl. The van der Waals surface area contributed by atoms with Crippen LogP contribution in [0.2, 0.25) is 5.02 Å². The summed E-state index contributed by atoms with van der Waals surface area (Å²) in [6, 6.07) is 5.93. The number of nitriles is 1. The highest BCUT2D eigenvalue weighted by Gasteiger charge is 2.16. The van der Waals surface area contributed by atoms with Gasteiger partial charge in [0.1, 0.15) is 5.82 Å². The number of carbonyl (C=O) groups is 1. The molecule has 0 radical (unpaired) electrons. The number of ketones is 1. The summed E-state index contributed by atoms with van der Waals surface area (Å²) >= 11 is 7.11. The van der Waals surface area contributed by atoms with Crippen LogP contribution in [0.1, 0.15) is 16.1 Å². The number of carbonyl (C=O) groups excluding carboxylic acids is 1. The van der Waals surface area contributed by atoms with Crippen molar-refractivity contribution in [2.45, 2.75) is 6.42 Å². The Hall–Kier alpha value is -1.44. The van der Waals surface area contributed by atoms with Crippen LogP contribution < -0.4 is 0 Å². The van der Waals surface area contributed by atoms with E-state index < -0.39 is 0 Å². The lowest BCUT2D eigenvalue weighted by Crippen LogP contribution is -1.93. The molecule has 2 rings (SSSR count). The molecule has 0 amide bonds. The molecular formula is C11H5ClFNOS. The number of Topliss-reactive ketones (excluding diaryl/α,β-unsaturated/α-hetero) is 1. The summed E-state index contributed by atoms with van der Waals surface area (Å²) in [5.41, 5.74) is 0. The lowest BCUT2D eigenvalue weighted by Gasteiger charge is -1.91. The average Bonchev–Trinajstić information content (AvgIpc) is 2.56. The molecule has 0 spiro atoms. The Morgan fingerprint density at radius 2 is 2.31 bits per heavy atom. The van der Waals surface area contributed by atoms with Gasteiger partial charge >= 0.3 is 0 Å². The van der Waals surface area contributed by atoms with Gasteiger partial charge in [0.2, 0.25) is 0 Å². The van der Waals surface area contributed by atoms with Crippen molar-refractivity contribution >= 4 is 38.8 Å². The minimum Gasteiger partial charge on any atom is -0.292 e. The predicted molar refractivity (Wildman–Crippen MR) is 61.4 cm³/mol. The minimum atomic E-state index is -0.371. The van der Waals surface area contributed by atoms with Crippen LogP contribution >= 0.6 is 22.9 Å². The normalized spacial score (nSPS) is 10.3. The molecule has 0 saturated carbocycles. The number of nitrogens with zero attached hydrogens (tertiary/aromatic N) is 1. The first kappa shape index (κ1) is 11.1. The van der Waals surface area contributed by atoms with Gasteiger partial charge in [-0.25, -0.2) is 4.39 Å². The van der Waals surface area contributed by atoms with Crippen LogP contribution in [0.25, 0.3) is 10.1 Å². The average molecular weight is 254 g/mol. The van der Waals surface area contributed by atoms with E-state index in [4.69, 9.17) is 16.9 Å². The van der Waals surface area contributed by atoms with Crippen molar-refractivity contribution in [3.05, 3.63) is 33.9 Å². The van der Waals surface area contributed by atoms with Gasteiger partial charge in [0.15, 0.2) is 5.78 Å². The van der Waals surface area contributed by atoms with Crippen LogP contribution in [0.4, 0.5) is 4.39 Å². The number of hydrogen-bond acceptors (Lipinski definition) is 3.